The summed E-state index contributed by atoms with van der Waals surface area (Å²) in [7, 11) is 4.04. The van der Waals surface area contributed by atoms with Gasteiger partial charge in [0.15, 0.2) is 5.65 Å². The first-order valence-electron chi connectivity index (χ1n) is 6.51. The van der Waals surface area contributed by atoms with Crippen molar-refractivity contribution < 1.29 is 0 Å². The van der Waals surface area contributed by atoms with Gasteiger partial charge in [-0.3, -0.25) is 4.57 Å². The van der Waals surface area contributed by atoms with Gasteiger partial charge in [0.1, 0.15) is 11.3 Å². The quantitative estimate of drug-likeness (QED) is 0.788. The van der Waals surface area contributed by atoms with Crippen LogP contribution in [0.4, 0.5) is 5.69 Å². The molecule has 0 fully saturated rings. The molecule has 20 heavy (non-hydrogen) atoms. The van der Waals surface area contributed by atoms with Gasteiger partial charge in [0.05, 0.1) is 6.54 Å². The van der Waals surface area contributed by atoms with E-state index in [4.69, 9.17) is 5.73 Å². The van der Waals surface area contributed by atoms with Gasteiger partial charge in [0.25, 0.3) is 0 Å². The molecule has 2 heterocycles. The average Bonchev–Trinajstić information content (AvgIpc) is 2.85. The molecule has 0 aliphatic carbocycles. The molecule has 0 radical (unpaired) electrons. The van der Waals surface area contributed by atoms with E-state index in [-0.39, 0.29) is 0 Å². The first-order chi connectivity index (χ1) is 9.70. The number of hydrogen-bond acceptors (Lipinski definition) is 4. The smallest absolute Gasteiger partial charge is 0.164 e. The third-order valence-electron chi connectivity index (χ3n) is 3.29. The molecular formula is C15H17N5. The van der Waals surface area contributed by atoms with Gasteiger partial charge in [-0.2, -0.15) is 0 Å². The lowest BCUT2D eigenvalue weighted by molar-refractivity contribution is 0.876. The standard InChI is InChI=1S/C15H17N5/c1-19(2)11-5-7-12(8-6-11)20-14(10-16)18-13-4-3-9-17-15(13)20/h3-9H,10,16H2,1-2H3. The average molecular weight is 267 g/mol. The van der Waals surface area contributed by atoms with E-state index >= 15 is 0 Å². The zero-order valence-electron chi connectivity index (χ0n) is 11.6. The van der Waals surface area contributed by atoms with Crippen LogP contribution in [-0.4, -0.2) is 28.6 Å². The molecule has 0 bridgehead atoms. The van der Waals surface area contributed by atoms with Crippen LogP contribution in [0.3, 0.4) is 0 Å². The summed E-state index contributed by atoms with van der Waals surface area (Å²) in [6, 6.07) is 12.1. The monoisotopic (exact) mass is 267 g/mol. The van der Waals surface area contributed by atoms with Gasteiger partial charge in [-0.15, -0.1) is 0 Å². The summed E-state index contributed by atoms with van der Waals surface area (Å²) >= 11 is 0. The number of imidazole rings is 1. The van der Waals surface area contributed by atoms with Crippen LogP contribution >= 0.6 is 0 Å². The highest BCUT2D eigenvalue weighted by atomic mass is 15.1. The Kier molecular flexibility index (Phi) is 3.12. The van der Waals surface area contributed by atoms with E-state index in [2.05, 4.69) is 39.1 Å². The van der Waals surface area contributed by atoms with Crippen molar-refractivity contribution in [2.45, 2.75) is 6.54 Å². The normalized spacial score (nSPS) is 10.9. The third kappa shape index (κ3) is 2.02. The molecule has 0 atom stereocenters. The van der Waals surface area contributed by atoms with Gasteiger partial charge in [-0.25, -0.2) is 9.97 Å². The molecule has 0 unspecified atom stereocenters. The van der Waals surface area contributed by atoms with Crippen LogP contribution in [0.5, 0.6) is 0 Å². The van der Waals surface area contributed by atoms with Crippen molar-refractivity contribution in [3.05, 3.63) is 48.4 Å². The molecule has 3 aromatic rings. The Bertz CT molecular complexity index is 728. The Morgan fingerprint density at radius 2 is 1.90 bits per heavy atom. The molecule has 0 saturated carbocycles. The summed E-state index contributed by atoms with van der Waals surface area (Å²) in [5, 5.41) is 0. The predicted molar refractivity (Wildman–Crippen MR) is 81.1 cm³/mol. The summed E-state index contributed by atoms with van der Waals surface area (Å²) in [6.07, 6.45) is 1.77. The fourth-order valence-corrected chi connectivity index (χ4v) is 2.27. The van der Waals surface area contributed by atoms with Gasteiger partial charge < -0.3 is 10.6 Å². The number of nitrogens with zero attached hydrogens (tertiary/aromatic N) is 4. The van der Waals surface area contributed by atoms with Gasteiger partial charge in [-0.1, -0.05) is 0 Å². The first-order valence-corrected chi connectivity index (χ1v) is 6.51. The van der Waals surface area contributed by atoms with Crippen molar-refractivity contribution in [1.29, 1.82) is 0 Å². The SMILES string of the molecule is CN(C)c1ccc(-n2c(CN)nc3cccnc32)cc1. The zero-order chi connectivity index (χ0) is 14.1. The zero-order valence-corrected chi connectivity index (χ0v) is 11.6. The van der Waals surface area contributed by atoms with Crippen LogP contribution < -0.4 is 10.6 Å². The second-order valence-electron chi connectivity index (χ2n) is 4.82. The number of fused-ring (bicyclic) bond motifs is 1. The molecule has 3 rings (SSSR count). The number of rotatable bonds is 3. The minimum Gasteiger partial charge on any atom is -0.378 e. The Morgan fingerprint density at radius 1 is 1.15 bits per heavy atom. The van der Waals surface area contributed by atoms with Crippen LogP contribution in [0.1, 0.15) is 5.82 Å². The van der Waals surface area contributed by atoms with Crippen molar-refractivity contribution in [3.8, 4) is 5.69 Å². The molecule has 2 aromatic heterocycles. The number of nitrogens with two attached hydrogens (primary N) is 1. The first kappa shape index (κ1) is 12.6. The molecule has 5 heteroatoms. The largest absolute Gasteiger partial charge is 0.378 e. The highest BCUT2D eigenvalue weighted by Crippen LogP contribution is 2.21. The van der Waals surface area contributed by atoms with Gasteiger partial charge in [0, 0.05) is 31.7 Å². The second-order valence-corrected chi connectivity index (χ2v) is 4.82. The molecule has 0 saturated heterocycles. The molecule has 0 spiro atoms. The van der Waals surface area contributed by atoms with Gasteiger partial charge in [0.2, 0.25) is 0 Å². The maximum absolute atomic E-state index is 5.81. The summed E-state index contributed by atoms with van der Waals surface area (Å²) in [5.74, 6) is 0.816. The van der Waals surface area contributed by atoms with Crippen molar-refractivity contribution in [1.82, 2.24) is 14.5 Å². The van der Waals surface area contributed by atoms with E-state index in [0.717, 1.165) is 28.4 Å². The fourth-order valence-electron chi connectivity index (χ4n) is 2.27. The molecule has 0 amide bonds. The number of pyridine rings is 1. The van der Waals surface area contributed by atoms with Crippen LogP contribution in [-0.2, 0) is 6.54 Å². The minimum absolute atomic E-state index is 0.381. The Labute approximate surface area is 117 Å². The van der Waals surface area contributed by atoms with E-state index in [0.29, 0.717) is 6.54 Å². The van der Waals surface area contributed by atoms with E-state index in [1.807, 2.05) is 30.8 Å². The predicted octanol–water partition coefficient (Wildman–Crippen LogP) is 1.95. The van der Waals surface area contributed by atoms with E-state index < -0.39 is 0 Å². The highest BCUT2D eigenvalue weighted by Gasteiger charge is 2.11. The molecule has 102 valence electrons. The molecule has 5 nitrogen and oxygen atoms in total. The Morgan fingerprint density at radius 3 is 2.55 bits per heavy atom. The lowest BCUT2D eigenvalue weighted by Crippen LogP contribution is -2.09. The summed E-state index contributed by atoms with van der Waals surface area (Å²) < 4.78 is 2.01. The lowest BCUT2D eigenvalue weighted by atomic mass is 10.2. The van der Waals surface area contributed by atoms with Crippen molar-refractivity contribution >= 4 is 16.9 Å². The summed E-state index contributed by atoms with van der Waals surface area (Å²) in [6.45, 7) is 0.381. The second kappa shape index (κ2) is 4.94. The summed E-state index contributed by atoms with van der Waals surface area (Å²) in [5.41, 5.74) is 9.69. The molecule has 0 aliphatic heterocycles. The molecule has 2 N–H and O–H groups in total. The lowest BCUT2D eigenvalue weighted by Gasteiger charge is -2.13. The van der Waals surface area contributed by atoms with Crippen LogP contribution in [0.25, 0.3) is 16.9 Å². The van der Waals surface area contributed by atoms with Crippen molar-refractivity contribution in [2.75, 3.05) is 19.0 Å². The van der Waals surface area contributed by atoms with E-state index in [1.165, 1.54) is 0 Å². The number of anilines is 1. The van der Waals surface area contributed by atoms with Crippen molar-refractivity contribution in [2.24, 2.45) is 5.73 Å². The molecule has 1 aromatic carbocycles. The Hall–Kier alpha value is -2.40. The van der Waals surface area contributed by atoms with E-state index in [9.17, 15) is 0 Å². The van der Waals surface area contributed by atoms with Crippen LogP contribution in [0.2, 0.25) is 0 Å². The topological polar surface area (TPSA) is 60.0 Å². The van der Waals surface area contributed by atoms with E-state index in [1.54, 1.807) is 6.20 Å². The van der Waals surface area contributed by atoms with Crippen LogP contribution in [0, 0.1) is 0 Å². The maximum Gasteiger partial charge on any atom is 0.164 e. The summed E-state index contributed by atoms with van der Waals surface area (Å²) in [4.78, 5) is 11.0. The van der Waals surface area contributed by atoms with Gasteiger partial charge in [-0.05, 0) is 36.4 Å². The Balaban J connectivity index is 2.17. The number of hydrogen-bond donors (Lipinski definition) is 1. The number of aromatic nitrogens is 3. The molecule has 0 aliphatic rings. The maximum atomic E-state index is 5.81. The third-order valence-corrected chi connectivity index (χ3v) is 3.29. The number of benzene rings is 1. The minimum atomic E-state index is 0.381. The van der Waals surface area contributed by atoms with Crippen LogP contribution in [0.15, 0.2) is 42.6 Å². The molecular weight excluding hydrogens is 250 g/mol. The van der Waals surface area contributed by atoms with Gasteiger partial charge >= 0.3 is 0 Å². The highest BCUT2D eigenvalue weighted by molar-refractivity contribution is 5.74. The van der Waals surface area contributed by atoms with Crippen molar-refractivity contribution in [3.63, 3.8) is 0 Å². The fraction of sp³-hybridized carbons (Fsp3) is 0.200.